The van der Waals surface area contributed by atoms with Gasteiger partial charge in [0.25, 0.3) is 0 Å². The number of aliphatic hydroxyl groups is 1. The lowest BCUT2D eigenvalue weighted by atomic mass is 9.44. The molecular formula is C28H38FO9P. The molecule has 39 heavy (non-hydrogen) atoms. The molecule has 216 valence electrons. The average Bonchev–Trinajstić information content (AvgIpc) is 3.24. The Labute approximate surface area is 228 Å². The summed E-state index contributed by atoms with van der Waals surface area (Å²) in [7, 11) is -1.82. The molecule has 4 fully saturated rings. The predicted octanol–water partition coefficient (Wildman–Crippen LogP) is 3.77. The van der Waals surface area contributed by atoms with Gasteiger partial charge in [-0.15, -0.1) is 0 Å². The second kappa shape index (κ2) is 9.33. The Bertz CT molecular complexity index is 1180. The summed E-state index contributed by atoms with van der Waals surface area (Å²) in [5, 5.41) is 11.6. The van der Waals surface area contributed by atoms with E-state index in [1.807, 2.05) is 6.92 Å². The van der Waals surface area contributed by atoms with Crippen molar-refractivity contribution in [3.05, 3.63) is 23.8 Å². The second-order valence-electron chi connectivity index (χ2n) is 12.6. The van der Waals surface area contributed by atoms with E-state index < -0.39 is 72.4 Å². The number of carbonyl (C=O) groups excluding carboxylic acids is 3. The highest BCUT2D eigenvalue weighted by Gasteiger charge is 2.80. The zero-order valence-corrected chi connectivity index (χ0v) is 24.1. The standard InChI is InChI=1S/C28H38FO9P/c1-24(2)37-22-13-19-18-7-6-16-12-17(30)8-9-25(16,3)27(18,29)20(31)14-26(19,4)28(22,38-24)21(32)15-36-23(33)35-10-11-39(5)34/h8-9,12,18-20,22,31,39H,6-7,10-11,13-15H2,1-5H3/t18?,19?,20-,22+,25-,26-,27-,28+/m0/s1. The SMILES string of the molecule is C[PH](=O)CCOC(=O)OCC(=O)[C@@]12OC(C)(C)O[C@@H]1CC1C3CCC4=CC(=O)C=C[C@]4(C)[C@@]3(F)[C@@H](O)C[C@@]12C. The molecule has 1 heterocycles. The van der Waals surface area contributed by atoms with Crippen LogP contribution in [-0.2, 0) is 33.1 Å². The van der Waals surface area contributed by atoms with Gasteiger partial charge in [0, 0.05) is 22.9 Å². The minimum atomic E-state index is -2.06. The van der Waals surface area contributed by atoms with Crippen molar-refractivity contribution in [3.63, 3.8) is 0 Å². The van der Waals surface area contributed by atoms with Crippen LogP contribution < -0.4 is 0 Å². The third-order valence-corrected chi connectivity index (χ3v) is 11.0. The first-order valence-corrected chi connectivity index (χ1v) is 15.7. The fourth-order valence-corrected chi connectivity index (χ4v) is 8.75. The number of rotatable bonds is 6. The van der Waals surface area contributed by atoms with Crippen LogP contribution in [0.15, 0.2) is 23.8 Å². The number of fused-ring (bicyclic) bond motifs is 7. The Hall–Kier alpha value is -1.87. The smallest absolute Gasteiger partial charge is 0.434 e. The van der Waals surface area contributed by atoms with Crippen molar-refractivity contribution >= 4 is 25.5 Å². The van der Waals surface area contributed by atoms with Gasteiger partial charge in [-0.25, -0.2) is 9.18 Å². The molecule has 0 aromatic carbocycles. The van der Waals surface area contributed by atoms with Gasteiger partial charge in [0.2, 0.25) is 5.78 Å². The topological polar surface area (TPSA) is 125 Å². The lowest BCUT2D eigenvalue weighted by Crippen LogP contribution is -2.70. The number of ether oxygens (including phenoxy) is 4. The molecule has 3 saturated carbocycles. The molecule has 1 N–H and O–H groups in total. The van der Waals surface area contributed by atoms with Crippen LogP contribution in [0.4, 0.5) is 9.18 Å². The number of allylic oxidation sites excluding steroid dienone is 4. The van der Waals surface area contributed by atoms with Gasteiger partial charge in [-0.2, -0.15) is 0 Å². The molecule has 5 rings (SSSR count). The summed E-state index contributed by atoms with van der Waals surface area (Å²) < 4.78 is 51.4. The molecule has 1 saturated heterocycles. The van der Waals surface area contributed by atoms with Gasteiger partial charge in [-0.1, -0.05) is 18.6 Å². The van der Waals surface area contributed by atoms with Crippen LogP contribution in [-0.4, -0.2) is 78.1 Å². The van der Waals surface area contributed by atoms with Crippen molar-refractivity contribution in [2.75, 3.05) is 26.0 Å². The monoisotopic (exact) mass is 568 g/mol. The van der Waals surface area contributed by atoms with Crippen LogP contribution in [0.25, 0.3) is 0 Å². The molecule has 4 aliphatic carbocycles. The first kappa shape index (κ1) is 28.7. The molecule has 0 spiro atoms. The van der Waals surface area contributed by atoms with Crippen molar-refractivity contribution in [2.45, 2.75) is 82.6 Å². The minimum Gasteiger partial charge on any atom is -0.434 e. The lowest BCUT2D eigenvalue weighted by Gasteiger charge is -2.62. The van der Waals surface area contributed by atoms with E-state index in [2.05, 4.69) is 0 Å². The lowest BCUT2D eigenvalue weighted by molar-refractivity contribution is -0.246. The summed E-state index contributed by atoms with van der Waals surface area (Å²) in [6, 6.07) is 0. The second-order valence-corrected chi connectivity index (χ2v) is 14.5. The molecular weight excluding hydrogens is 530 g/mol. The maximum absolute atomic E-state index is 17.4. The maximum atomic E-state index is 17.4. The van der Waals surface area contributed by atoms with E-state index in [9.17, 15) is 24.1 Å². The zero-order valence-electron chi connectivity index (χ0n) is 23.1. The summed E-state index contributed by atoms with van der Waals surface area (Å²) in [4.78, 5) is 38.1. The van der Waals surface area contributed by atoms with Gasteiger partial charge in [0.05, 0.1) is 20.0 Å². The Morgan fingerprint density at radius 2 is 1.92 bits per heavy atom. The van der Waals surface area contributed by atoms with E-state index in [-0.39, 0.29) is 30.9 Å². The van der Waals surface area contributed by atoms with Crippen LogP contribution in [0.1, 0.15) is 53.4 Å². The molecule has 9 nitrogen and oxygen atoms in total. The van der Waals surface area contributed by atoms with Crippen LogP contribution in [0.3, 0.4) is 0 Å². The third-order valence-electron chi connectivity index (χ3n) is 10.0. The molecule has 11 heteroatoms. The van der Waals surface area contributed by atoms with E-state index >= 15 is 4.39 Å². The normalized spacial score (nSPS) is 44.4. The molecule has 0 radical (unpaired) electrons. The van der Waals surface area contributed by atoms with Crippen LogP contribution >= 0.6 is 7.80 Å². The van der Waals surface area contributed by atoms with Gasteiger partial charge >= 0.3 is 6.16 Å². The number of aliphatic hydroxyl groups excluding tert-OH is 1. The number of halogens is 1. The Morgan fingerprint density at radius 1 is 1.21 bits per heavy atom. The first-order chi connectivity index (χ1) is 18.1. The highest BCUT2D eigenvalue weighted by Crippen LogP contribution is 2.72. The van der Waals surface area contributed by atoms with Gasteiger partial charge in [-0.3, -0.25) is 9.59 Å². The van der Waals surface area contributed by atoms with Crippen molar-refractivity contribution in [1.29, 1.82) is 0 Å². The van der Waals surface area contributed by atoms with Crippen LogP contribution in [0.5, 0.6) is 0 Å². The Morgan fingerprint density at radius 3 is 2.62 bits per heavy atom. The average molecular weight is 569 g/mol. The third kappa shape index (κ3) is 4.03. The summed E-state index contributed by atoms with van der Waals surface area (Å²) in [6.07, 6.45) is 2.58. The maximum Gasteiger partial charge on any atom is 0.508 e. The number of Topliss-reactive ketones (excluding diaryl/α,β-unsaturated/α-hetero) is 1. The molecule has 1 aliphatic heterocycles. The van der Waals surface area contributed by atoms with Gasteiger partial charge in [0.1, 0.15) is 6.61 Å². The van der Waals surface area contributed by atoms with Crippen LogP contribution in [0.2, 0.25) is 0 Å². The van der Waals surface area contributed by atoms with E-state index in [1.54, 1.807) is 33.5 Å². The highest BCUT2D eigenvalue weighted by molar-refractivity contribution is 7.43. The minimum absolute atomic E-state index is 0.0772. The van der Waals surface area contributed by atoms with Crippen molar-refractivity contribution < 1.29 is 47.4 Å². The van der Waals surface area contributed by atoms with Gasteiger partial charge < -0.3 is 28.6 Å². The van der Waals surface area contributed by atoms with E-state index in [0.717, 1.165) is 0 Å². The summed E-state index contributed by atoms with van der Waals surface area (Å²) in [5.41, 5.74) is -5.14. The first-order valence-electron chi connectivity index (χ1n) is 13.6. The fraction of sp³-hybridized carbons (Fsp3) is 0.750. The number of alkyl halides is 1. The quantitative estimate of drug-likeness (QED) is 0.377. The van der Waals surface area contributed by atoms with E-state index in [0.29, 0.717) is 24.8 Å². The number of hydrogen-bond donors (Lipinski definition) is 1. The zero-order chi connectivity index (χ0) is 28.6. The molecule has 0 aromatic heterocycles. The van der Waals surface area contributed by atoms with Crippen molar-refractivity contribution in [1.82, 2.24) is 0 Å². The largest absolute Gasteiger partial charge is 0.508 e. The molecule has 3 unspecified atom stereocenters. The van der Waals surface area contributed by atoms with Gasteiger partial charge in [-0.05, 0) is 71.2 Å². The van der Waals surface area contributed by atoms with E-state index in [4.69, 9.17) is 18.9 Å². The van der Waals surface area contributed by atoms with Crippen molar-refractivity contribution in [2.24, 2.45) is 22.7 Å². The number of ketones is 2. The van der Waals surface area contributed by atoms with Crippen LogP contribution in [0, 0.1) is 22.7 Å². The van der Waals surface area contributed by atoms with E-state index in [1.165, 1.54) is 12.2 Å². The Balaban J connectivity index is 1.46. The molecule has 9 atom stereocenters. The molecule has 0 aromatic rings. The molecule has 0 amide bonds. The fourth-order valence-electron chi connectivity index (χ4n) is 8.36. The molecule has 5 aliphatic rings. The Kier molecular flexibility index (Phi) is 6.85. The summed E-state index contributed by atoms with van der Waals surface area (Å²) in [6.45, 7) is 7.80. The summed E-state index contributed by atoms with van der Waals surface area (Å²) >= 11 is 0. The predicted molar refractivity (Wildman–Crippen MR) is 139 cm³/mol. The summed E-state index contributed by atoms with van der Waals surface area (Å²) in [5.74, 6) is -2.85. The van der Waals surface area contributed by atoms with Gasteiger partial charge in [0.15, 0.2) is 29.4 Å². The highest BCUT2D eigenvalue weighted by atomic mass is 31.1. The number of carbonyl (C=O) groups is 3. The number of hydrogen-bond acceptors (Lipinski definition) is 9. The van der Waals surface area contributed by atoms with Crippen molar-refractivity contribution in [3.8, 4) is 0 Å². The molecule has 0 bridgehead atoms.